The lowest BCUT2D eigenvalue weighted by Crippen LogP contribution is -2.23. The summed E-state index contributed by atoms with van der Waals surface area (Å²) < 4.78 is 4.89. The molecule has 1 atom stereocenters. The second-order valence-electron chi connectivity index (χ2n) is 5.47. The van der Waals surface area contributed by atoms with E-state index in [2.05, 4.69) is 34.3 Å². The predicted molar refractivity (Wildman–Crippen MR) is 90.6 cm³/mol. The summed E-state index contributed by atoms with van der Waals surface area (Å²) in [5.74, 6) is 1.08. The maximum Gasteiger partial charge on any atom is 0.213 e. The van der Waals surface area contributed by atoms with Gasteiger partial charge in [0.1, 0.15) is 5.01 Å². The van der Waals surface area contributed by atoms with E-state index < -0.39 is 0 Å². The van der Waals surface area contributed by atoms with Crippen LogP contribution in [-0.2, 0) is 6.54 Å². The zero-order valence-corrected chi connectivity index (χ0v) is 14.4. The van der Waals surface area contributed by atoms with Gasteiger partial charge in [-0.3, -0.25) is 5.32 Å². The van der Waals surface area contributed by atoms with Crippen LogP contribution >= 0.6 is 22.9 Å². The van der Waals surface area contributed by atoms with Crippen LogP contribution in [0.3, 0.4) is 0 Å². The average molecular weight is 349 g/mol. The highest BCUT2D eigenvalue weighted by molar-refractivity contribution is 7.11. The predicted octanol–water partition coefficient (Wildman–Crippen LogP) is 4.18. The Kier molecular flexibility index (Phi) is 5.05. The van der Waals surface area contributed by atoms with Crippen molar-refractivity contribution in [1.29, 1.82) is 0 Å². The van der Waals surface area contributed by atoms with Gasteiger partial charge in [0.15, 0.2) is 5.82 Å². The van der Waals surface area contributed by atoms with E-state index in [1.165, 1.54) is 11.3 Å². The molecular weight excluding hydrogens is 332 g/mol. The zero-order valence-electron chi connectivity index (χ0n) is 12.9. The molecular formula is C16H17ClN4OS. The molecule has 0 saturated carbocycles. The highest BCUT2D eigenvalue weighted by atomic mass is 35.5. The highest BCUT2D eigenvalue weighted by Crippen LogP contribution is 2.24. The number of thiazole rings is 1. The Labute approximate surface area is 143 Å². The van der Waals surface area contributed by atoms with Crippen molar-refractivity contribution in [3.8, 4) is 0 Å². The van der Waals surface area contributed by atoms with E-state index in [9.17, 15) is 0 Å². The van der Waals surface area contributed by atoms with Gasteiger partial charge in [0, 0.05) is 22.6 Å². The number of nitrogens with one attached hydrogen (secondary N) is 1. The topological polar surface area (TPSA) is 63.8 Å². The van der Waals surface area contributed by atoms with E-state index in [0.29, 0.717) is 23.3 Å². The Morgan fingerprint density at radius 2 is 2.00 bits per heavy atom. The number of halogens is 1. The summed E-state index contributed by atoms with van der Waals surface area (Å²) in [6, 6.07) is 7.45. The number of aromatic nitrogens is 3. The smallest absolute Gasteiger partial charge is 0.213 e. The van der Waals surface area contributed by atoms with Crippen molar-refractivity contribution in [3.63, 3.8) is 0 Å². The maximum atomic E-state index is 5.97. The van der Waals surface area contributed by atoms with Crippen molar-refractivity contribution < 1.29 is 4.52 Å². The summed E-state index contributed by atoms with van der Waals surface area (Å²) >= 11 is 7.69. The Morgan fingerprint density at radius 3 is 2.61 bits per heavy atom. The lowest BCUT2D eigenvalue weighted by molar-refractivity contribution is 0.401. The quantitative estimate of drug-likeness (QED) is 0.723. The summed E-state index contributed by atoms with van der Waals surface area (Å²) in [6.45, 7) is 4.97. The highest BCUT2D eigenvalue weighted by Gasteiger charge is 2.19. The van der Waals surface area contributed by atoms with Gasteiger partial charge in [0.05, 0.1) is 6.04 Å². The Balaban J connectivity index is 1.77. The van der Waals surface area contributed by atoms with Crippen molar-refractivity contribution in [2.75, 3.05) is 0 Å². The minimum absolute atomic E-state index is 0.169. The van der Waals surface area contributed by atoms with Crippen molar-refractivity contribution in [2.24, 2.45) is 0 Å². The van der Waals surface area contributed by atoms with Gasteiger partial charge in [0.25, 0.3) is 0 Å². The van der Waals surface area contributed by atoms with Crippen molar-refractivity contribution >= 4 is 22.9 Å². The number of benzene rings is 1. The molecule has 120 valence electrons. The minimum Gasteiger partial charge on any atom is -0.343 e. The van der Waals surface area contributed by atoms with E-state index in [0.717, 1.165) is 10.6 Å². The van der Waals surface area contributed by atoms with Crippen molar-refractivity contribution in [3.05, 3.63) is 63.2 Å². The molecule has 0 unspecified atom stereocenters. The summed E-state index contributed by atoms with van der Waals surface area (Å²) in [5, 5.41) is 9.14. The maximum absolute atomic E-state index is 5.97. The Bertz CT molecular complexity index is 740. The van der Waals surface area contributed by atoms with Crippen LogP contribution in [0, 0.1) is 0 Å². The van der Waals surface area contributed by atoms with Crippen LogP contribution in [0.15, 0.2) is 41.4 Å². The largest absolute Gasteiger partial charge is 0.343 e. The molecule has 7 heteroatoms. The number of hydrogen-bond donors (Lipinski definition) is 1. The monoisotopic (exact) mass is 348 g/mol. The van der Waals surface area contributed by atoms with Gasteiger partial charge in [-0.15, -0.1) is 11.3 Å². The number of rotatable bonds is 6. The van der Waals surface area contributed by atoms with Crippen molar-refractivity contribution in [2.45, 2.75) is 32.4 Å². The van der Waals surface area contributed by atoms with E-state index in [-0.39, 0.29) is 6.04 Å². The molecule has 0 bridgehead atoms. The molecule has 0 amide bonds. The third-order valence-corrected chi connectivity index (χ3v) is 4.99. The van der Waals surface area contributed by atoms with Gasteiger partial charge in [-0.1, -0.05) is 42.7 Å². The fraction of sp³-hybridized carbons (Fsp3) is 0.312. The molecule has 0 fully saturated rings. The first-order chi connectivity index (χ1) is 11.1. The van der Waals surface area contributed by atoms with E-state index >= 15 is 0 Å². The minimum atomic E-state index is -0.169. The van der Waals surface area contributed by atoms with Gasteiger partial charge < -0.3 is 4.52 Å². The first-order valence-electron chi connectivity index (χ1n) is 7.33. The van der Waals surface area contributed by atoms with Gasteiger partial charge in [-0.05, 0) is 23.6 Å². The molecule has 0 aliphatic carbocycles. The summed E-state index contributed by atoms with van der Waals surface area (Å²) in [7, 11) is 0. The Morgan fingerprint density at radius 1 is 1.22 bits per heavy atom. The van der Waals surface area contributed by atoms with Gasteiger partial charge in [0.2, 0.25) is 6.39 Å². The lowest BCUT2D eigenvalue weighted by Gasteiger charge is -2.15. The molecule has 1 aromatic carbocycles. The third-order valence-electron chi connectivity index (χ3n) is 3.44. The summed E-state index contributed by atoms with van der Waals surface area (Å²) in [5.41, 5.74) is 1.02. The lowest BCUT2D eigenvalue weighted by atomic mass is 10.1. The first-order valence-corrected chi connectivity index (χ1v) is 8.52. The SMILES string of the molecule is CC(C)c1cnc(CN[C@H](c2ccc(Cl)cc2)c2ncon2)s1. The molecule has 5 nitrogen and oxygen atoms in total. The average Bonchev–Trinajstić information content (AvgIpc) is 3.21. The van der Waals surface area contributed by atoms with Gasteiger partial charge in [-0.25, -0.2) is 4.98 Å². The van der Waals surface area contributed by atoms with Crippen LogP contribution in [0.25, 0.3) is 0 Å². The molecule has 0 saturated heterocycles. The van der Waals surface area contributed by atoms with Crippen LogP contribution < -0.4 is 5.32 Å². The molecule has 0 spiro atoms. The van der Waals surface area contributed by atoms with Crippen LogP contribution in [0.1, 0.15) is 47.1 Å². The number of nitrogens with zero attached hydrogens (tertiary/aromatic N) is 3. The molecule has 0 radical (unpaired) electrons. The molecule has 3 rings (SSSR count). The fourth-order valence-corrected chi connectivity index (χ4v) is 3.18. The second-order valence-corrected chi connectivity index (χ2v) is 7.05. The molecule has 0 aliphatic heterocycles. The molecule has 2 aromatic heterocycles. The Hall–Kier alpha value is -1.76. The molecule has 3 aromatic rings. The van der Waals surface area contributed by atoms with E-state index in [1.54, 1.807) is 11.3 Å². The van der Waals surface area contributed by atoms with Crippen LogP contribution in [0.2, 0.25) is 5.02 Å². The normalized spacial score (nSPS) is 12.7. The van der Waals surface area contributed by atoms with Crippen LogP contribution in [0.4, 0.5) is 0 Å². The third kappa shape index (κ3) is 3.96. The molecule has 1 N–H and O–H groups in total. The van der Waals surface area contributed by atoms with Gasteiger partial charge >= 0.3 is 0 Å². The first kappa shape index (κ1) is 16.1. The van der Waals surface area contributed by atoms with E-state index in [1.807, 2.05) is 30.5 Å². The molecule has 0 aliphatic rings. The fourth-order valence-electron chi connectivity index (χ4n) is 2.18. The number of hydrogen-bond acceptors (Lipinski definition) is 6. The zero-order chi connectivity index (χ0) is 16.2. The van der Waals surface area contributed by atoms with E-state index in [4.69, 9.17) is 16.1 Å². The standard InChI is InChI=1S/C16H17ClN4OS/c1-10(2)13-7-18-14(23-13)8-19-15(16-20-9-22-21-16)11-3-5-12(17)6-4-11/h3-7,9-10,15,19H,8H2,1-2H3/t15-/m1/s1. The van der Waals surface area contributed by atoms with Crippen molar-refractivity contribution in [1.82, 2.24) is 20.4 Å². The molecule has 23 heavy (non-hydrogen) atoms. The van der Waals surface area contributed by atoms with Gasteiger partial charge in [-0.2, -0.15) is 4.98 Å². The summed E-state index contributed by atoms with van der Waals surface area (Å²) in [6.07, 6.45) is 3.28. The summed E-state index contributed by atoms with van der Waals surface area (Å²) in [4.78, 5) is 9.92. The van der Waals surface area contributed by atoms with Crippen LogP contribution in [0.5, 0.6) is 0 Å². The van der Waals surface area contributed by atoms with Crippen LogP contribution in [-0.4, -0.2) is 15.1 Å². The molecule has 2 heterocycles. The second kappa shape index (κ2) is 7.21.